The van der Waals surface area contributed by atoms with Gasteiger partial charge in [-0.25, -0.2) is 14.7 Å². The summed E-state index contributed by atoms with van der Waals surface area (Å²) < 4.78 is 7.12. The Hall–Kier alpha value is -1.68. The van der Waals surface area contributed by atoms with Gasteiger partial charge in [0.1, 0.15) is 12.4 Å². The number of hydrogen-bond donors (Lipinski definition) is 2. The first-order valence-electron chi connectivity index (χ1n) is 9.20. The highest BCUT2D eigenvalue weighted by atomic mass is 127. The molecule has 2 N–H and O–H groups in total. The number of nitrogens with zero attached hydrogens (tertiary/aromatic N) is 4. The fraction of sp³-hybridized carbons (Fsp3) is 0.526. The summed E-state index contributed by atoms with van der Waals surface area (Å²) in [5, 5.41) is 11.4. The number of ether oxygens (including phenoxy) is 1. The maximum atomic E-state index is 5.13. The minimum Gasteiger partial charge on any atom is -0.377 e. The van der Waals surface area contributed by atoms with Gasteiger partial charge in [-0.3, -0.25) is 0 Å². The van der Waals surface area contributed by atoms with E-state index in [2.05, 4.69) is 58.8 Å². The Morgan fingerprint density at radius 2 is 2.19 bits per heavy atom. The Kier molecular flexibility index (Phi) is 8.49. The van der Waals surface area contributed by atoms with E-state index in [4.69, 9.17) is 9.73 Å². The van der Waals surface area contributed by atoms with Crippen LogP contribution in [0.2, 0.25) is 0 Å². The Bertz CT molecular complexity index is 760. The van der Waals surface area contributed by atoms with Gasteiger partial charge in [0.05, 0.1) is 13.1 Å². The van der Waals surface area contributed by atoms with E-state index in [0.717, 1.165) is 43.5 Å². The third-order valence-corrected chi connectivity index (χ3v) is 4.53. The van der Waals surface area contributed by atoms with Crippen molar-refractivity contribution in [3.8, 4) is 0 Å². The largest absolute Gasteiger partial charge is 0.377 e. The van der Waals surface area contributed by atoms with E-state index in [0.29, 0.717) is 13.2 Å². The molecule has 7 nitrogen and oxygen atoms in total. The predicted molar refractivity (Wildman–Crippen MR) is 117 cm³/mol. The van der Waals surface area contributed by atoms with Crippen molar-refractivity contribution in [2.75, 3.05) is 13.7 Å². The fourth-order valence-corrected chi connectivity index (χ4v) is 3.13. The highest BCUT2D eigenvalue weighted by Crippen LogP contribution is 2.14. The smallest absolute Gasteiger partial charge is 0.191 e. The molecule has 1 unspecified atom stereocenters. The van der Waals surface area contributed by atoms with Crippen molar-refractivity contribution < 1.29 is 4.74 Å². The number of aromatic nitrogens is 3. The maximum absolute atomic E-state index is 5.13. The molecule has 0 aliphatic carbocycles. The number of methoxy groups -OCH3 is 1. The van der Waals surface area contributed by atoms with Gasteiger partial charge in [0.2, 0.25) is 0 Å². The van der Waals surface area contributed by atoms with Gasteiger partial charge in [-0.05, 0) is 31.4 Å². The number of guanidine groups is 1. The van der Waals surface area contributed by atoms with Crippen LogP contribution in [-0.2, 0) is 30.9 Å². The number of fused-ring (bicyclic) bond motifs is 1. The van der Waals surface area contributed by atoms with Crippen LogP contribution in [0.15, 0.2) is 29.3 Å². The molecule has 1 atom stereocenters. The van der Waals surface area contributed by atoms with E-state index in [9.17, 15) is 0 Å². The van der Waals surface area contributed by atoms with E-state index in [-0.39, 0.29) is 30.0 Å². The second-order valence-electron chi connectivity index (χ2n) is 6.56. The summed E-state index contributed by atoms with van der Waals surface area (Å²) >= 11 is 0. The lowest BCUT2D eigenvalue weighted by Crippen LogP contribution is -2.47. The summed E-state index contributed by atoms with van der Waals surface area (Å²) in [5.74, 6) is 2.64. The van der Waals surface area contributed by atoms with Crippen LogP contribution in [0.1, 0.15) is 36.1 Å². The number of halogens is 1. The number of rotatable bonds is 6. The van der Waals surface area contributed by atoms with Gasteiger partial charge in [0.15, 0.2) is 11.8 Å². The summed E-state index contributed by atoms with van der Waals surface area (Å²) in [6.07, 6.45) is 1.92. The van der Waals surface area contributed by atoms with Crippen molar-refractivity contribution >= 4 is 29.9 Å². The van der Waals surface area contributed by atoms with E-state index < -0.39 is 0 Å². The van der Waals surface area contributed by atoms with Crippen molar-refractivity contribution in [1.82, 2.24) is 25.4 Å². The zero-order valence-electron chi connectivity index (χ0n) is 16.2. The molecule has 0 bridgehead atoms. The van der Waals surface area contributed by atoms with E-state index >= 15 is 0 Å². The topological polar surface area (TPSA) is 76.4 Å². The lowest BCUT2D eigenvalue weighted by atomic mass is 10.1. The molecule has 27 heavy (non-hydrogen) atoms. The van der Waals surface area contributed by atoms with Crippen molar-refractivity contribution in [2.24, 2.45) is 4.99 Å². The van der Waals surface area contributed by atoms with E-state index in [1.807, 2.05) is 4.68 Å². The molecule has 0 spiro atoms. The SMILES string of the molecule is CCNC(=NCc1ccccc1C)NC1CCc2nc(COC)nn2C1.I. The molecule has 1 aliphatic heterocycles. The standard InChI is InChI=1S/C19H28N6O.HI/c1-4-20-19(21-11-15-8-6-5-7-14(15)2)22-16-9-10-18-23-17(13-26-3)24-25(18)12-16;/h5-8,16H,4,9-13H2,1-3H3,(H2,20,21,22);1H. The monoisotopic (exact) mass is 484 g/mol. The van der Waals surface area contributed by atoms with Crippen molar-refractivity contribution in [2.45, 2.75) is 52.4 Å². The van der Waals surface area contributed by atoms with Gasteiger partial charge in [-0.1, -0.05) is 24.3 Å². The molecule has 1 aromatic heterocycles. The third-order valence-electron chi connectivity index (χ3n) is 4.53. The zero-order valence-corrected chi connectivity index (χ0v) is 18.6. The molecule has 2 heterocycles. The highest BCUT2D eigenvalue weighted by Gasteiger charge is 2.22. The molecule has 0 radical (unpaired) electrons. The van der Waals surface area contributed by atoms with Crippen LogP contribution in [0.4, 0.5) is 0 Å². The molecule has 3 rings (SSSR count). The Morgan fingerprint density at radius 3 is 2.93 bits per heavy atom. The van der Waals surface area contributed by atoms with Crippen LogP contribution in [0.3, 0.4) is 0 Å². The highest BCUT2D eigenvalue weighted by molar-refractivity contribution is 14.0. The number of hydrogen-bond acceptors (Lipinski definition) is 4. The summed E-state index contributed by atoms with van der Waals surface area (Å²) in [6, 6.07) is 8.65. The number of benzene rings is 1. The Morgan fingerprint density at radius 1 is 1.37 bits per heavy atom. The van der Waals surface area contributed by atoms with Gasteiger partial charge in [0.25, 0.3) is 0 Å². The molecule has 0 saturated heterocycles. The number of nitrogens with one attached hydrogen (secondary N) is 2. The molecule has 1 aliphatic rings. The van der Waals surface area contributed by atoms with Crippen LogP contribution in [-0.4, -0.2) is 40.4 Å². The van der Waals surface area contributed by atoms with Gasteiger partial charge >= 0.3 is 0 Å². The second-order valence-corrected chi connectivity index (χ2v) is 6.56. The number of aryl methyl sites for hydroxylation is 2. The fourth-order valence-electron chi connectivity index (χ4n) is 3.13. The van der Waals surface area contributed by atoms with E-state index in [1.54, 1.807) is 7.11 Å². The first-order valence-corrected chi connectivity index (χ1v) is 9.20. The molecular formula is C19H29IN6O. The summed E-state index contributed by atoms with van der Waals surface area (Å²) in [6.45, 7) is 6.95. The predicted octanol–water partition coefficient (Wildman–Crippen LogP) is 2.42. The van der Waals surface area contributed by atoms with Crippen molar-refractivity contribution in [1.29, 1.82) is 0 Å². The molecule has 0 saturated carbocycles. The second kappa shape index (κ2) is 10.6. The maximum Gasteiger partial charge on any atom is 0.191 e. The quantitative estimate of drug-likeness (QED) is 0.374. The van der Waals surface area contributed by atoms with Crippen LogP contribution >= 0.6 is 24.0 Å². The lowest BCUT2D eigenvalue weighted by molar-refractivity contribution is 0.177. The minimum absolute atomic E-state index is 0. The van der Waals surface area contributed by atoms with Crippen molar-refractivity contribution in [3.63, 3.8) is 0 Å². The van der Waals surface area contributed by atoms with Crippen LogP contribution in [0.25, 0.3) is 0 Å². The first-order chi connectivity index (χ1) is 12.7. The van der Waals surface area contributed by atoms with Crippen molar-refractivity contribution in [3.05, 3.63) is 47.0 Å². The van der Waals surface area contributed by atoms with Gasteiger partial charge in [0, 0.05) is 26.1 Å². The average Bonchev–Trinajstić information content (AvgIpc) is 3.03. The average molecular weight is 484 g/mol. The molecular weight excluding hydrogens is 455 g/mol. The minimum atomic E-state index is 0. The molecule has 2 aromatic rings. The van der Waals surface area contributed by atoms with Crippen LogP contribution < -0.4 is 10.6 Å². The lowest BCUT2D eigenvalue weighted by Gasteiger charge is -2.25. The summed E-state index contributed by atoms with van der Waals surface area (Å²) in [7, 11) is 1.66. The molecule has 1 aromatic carbocycles. The van der Waals surface area contributed by atoms with Gasteiger partial charge in [-0.2, -0.15) is 5.10 Å². The summed E-state index contributed by atoms with van der Waals surface area (Å²) in [5.41, 5.74) is 2.51. The summed E-state index contributed by atoms with van der Waals surface area (Å²) in [4.78, 5) is 9.29. The third kappa shape index (κ3) is 5.90. The van der Waals surface area contributed by atoms with Gasteiger partial charge in [-0.15, -0.1) is 24.0 Å². The molecule has 0 amide bonds. The Balaban J connectivity index is 0.00000261. The zero-order chi connectivity index (χ0) is 18.4. The molecule has 148 valence electrons. The van der Waals surface area contributed by atoms with Crippen LogP contribution in [0, 0.1) is 6.92 Å². The molecule has 0 fully saturated rings. The normalized spacial score (nSPS) is 16.4. The Labute approximate surface area is 178 Å². The number of aliphatic imine (C=N–C) groups is 1. The first kappa shape index (κ1) is 21.6. The van der Waals surface area contributed by atoms with Gasteiger partial charge < -0.3 is 15.4 Å². The molecule has 8 heteroatoms. The van der Waals surface area contributed by atoms with E-state index in [1.165, 1.54) is 11.1 Å². The van der Waals surface area contributed by atoms with Crippen LogP contribution in [0.5, 0.6) is 0 Å².